The van der Waals surface area contributed by atoms with Gasteiger partial charge in [0.05, 0.1) is 6.10 Å². The third-order valence-electron chi connectivity index (χ3n) is 3.27. The van der Waals surface area contributed by atoms with Crippen molar-refractivity contribution >= 4 is 0 Å². The van der Waals surface area contributed by atoms with Crippen LogP contribution in [0.1, 0.15) is 53.0 Å². The highest BCUT2D eigenvalue weighted by Crippen LogP contribution is 2.24. The van der Waals surface area contributed by atoms with Crippen molar-refractivity contribution in [2.24, 2.45) is 0 Å². The van der Waals surface area contributed by atoms with Crippen LogP contribution in [-0.2, 0) is 5.41 Å². The fraction of sp³-hybridized carbons (Fsp3) is 0.647. The van der Waals surface area contributed by atoms with Crippen molar-refractivity contribution in [3.8, 4) is 5.75 Å². The Morgan fingerprint density at radius 3 is 2.32 bits per heavy atom. The van der Waals surface area contributed by atoms with E-state index in [-0.39, 0.29) is 11.5 Å². The van der Waals surface area contributed by atoms with E-state index >= 15 is 0 Å². The summed E-state index contributed by atoms with van der Waals surface area (Å²) < 4.78 is 5.93. The van der Waals surface area contributed by atoms with Crippen molar-refractivity contribution in [2.45, 2.75) is 59.0 Å². The molecule has 108 valence electrons. The van der Waals surface area contributed by atoms with Crippen LogP contribution in [0.2, 0.25) is 0 Å². The van der Waals surface area contributed by atoms with Gasteiger partial charge in [-0.25, -0.2) is 0 Å². The summed E-state index contributed by atoms with van der Waals surface area (Å²) in [5.41, 5.74) is 1.55. The minimum atomic E-state index is 0.204. The van der Waals surface area contributed by atoms with Crippen LogP contribution in [0.3, 0.4) is 0 Å². The molecule has 0 aliphatic rings. The molecule has 1 atom stereocenters. The lowest BCUT2D eigenvalue weighted by Gasteiger charge is -2.20. The monoisotopic (exact) mass is 263 g/mol. The first kappa shape index (κ1) is 16.0. The summed E-state index contributed by atoms with van der Waals surface area (Å²) in [5.74, 6) is 0.976. The summed E-state index contributed by atoms with van der Waals surface area (Å²) >= 11 is 0. The maximum Gasteiger partial charge on any atom is 0.119 e. The summed E-state index contributed by atoms with van der Waals surface area (Å²) in [7, 11) is 0. The van der Waals surface area contributed by atoms with Crippen LogP contribution in [0.15, 0.2) is 24.3 Å². The van der Waals surface area contributed by atoms with Crippen molar-refractivity contribution in [2.75, 3.05) is 13.1 Å². The third-order valence-corrected chi connectivity index (χ3v) is 3.27. The van der Waals surface area contributed by atoms with Gasteiger partial charge in [0.2, 0.25) is 0 Å². The Labute approximate surface area is 118 Å². The summed E-state index contributed by atoms with van der Waals surface area (Å²) in [5, 5.41) is 3.34. The lowest BCUT2D eigenvalue weighted by Crippen LogP contribution is -2.18. The predicted octanol–water partition coefficient (Wildman–Crippen LogP) is 4.14. The molecule has 0 radical (unpaired) electrons. The molecule has 2 heteroatoms. The van der Waals surface area contributed by atoms with Gasteiger partial charge in [0.1, 0.15) is 5.75 Å². The van der Waals surface area contributed by atoms with Crippen molar-refractivity contribution in [1.29, 1.82) is 0 Å². The predicted molar refractivity (Wildman–Crippen MR) is 83.0 cm³/mol. The maximum absolute atomic E-state index is 5.93. The number of benzene rings is 1. The van der Waals surface area contributed by atoms with E-state index in [1.165, 1.54) is 5.56 Å². The van der Waals surface area contributed by atoms with Gasteiger partial charge < -0.3 is 10.1 Å². The molecular weight excluding hydrogens is 234 g/mol. The van der Waals surface area contributed by atoms with Gasteiger partial charge in [-0.05, 0) is 56.0 Å². The van der Waals surface area contributed by atoms with Crippen molar-refractivity contribution in [1.82, 2.24) is 5.32 Å². The fourth-order valence-electron chi connectivity index (χ4n) is 2.02. The Bertz CT molecular complexity index is 351. The van der Waals surface area contributed by atoms with E-state index in [2.05, 4.69) is 64.2 Å². The number of rotatable bonds is 7. The first-order chi connectivity index (χ1) is 8.93. The summed E-state index contributed by atoms with van der Waals surface area (Å²) in [4.78, 5) is 0. The van der Waals surface area contributed by atoms with Crippen LogP contribution >= 0.6 is 0 Å². The van der Waals surface area contributed by atoms with Crippen molar-refractivity contribution in [3.05, 3.63) is 29.8 Å². The zero-order valence-electron chi connectivity index (χ0n) is 13.1. The van der Waals surface area contributed by atoms with Gasteiger partial charge in [0.15, 0.2) is 0 Å². The SMILES string of the molecule is CCNCCCC(C)Oc1ccc(C(C)(C)C)cc1. The molecule has 1 rings (SSSR count). The molecule has 0 aromatic heterocycles. The van der Waals surface area contributed by atoms with Crippen LogP contribution in [0.25, 0.3) is 0 Å². The Hall–Kier alpha value is -1.02. The van der Waals surface area contributed by atoms with E-state index in [0.29, 0.717) is 0 Å². The van der Waals surface area contributed by atoms with E-state index in [4.69, 9.17) is 4.74 Å². The smallest absolute Gasteiger partial charge is 0.119 e. The summed E-state index contributed by atoms with van der Waals surface area (Å²) in [6.45, 7) is 13.1. The highest BCUT2D eigenvalue weighted by Gasteiger charge is 2.13. The van der Waals surface area contributed by atoms with Gasteiger partial charge in [0.25, 0.3) is 0 Å². The molecule has 0 saturated heterocycles. The third kappa shape index (κ3) is 6.11. The number of ether oxygens (including phenoxy) is 1. The van der Waals surface area contributed by atoms with Gasteiger partial charge in [0, 0.05) is 0 Å². The molecule has 0 heterocycles. The van der Waals surface area contributed by atoms with Crippen LogP contribution in [0.5, 0.6) is 5.75 Å². The van der Waals surface area contributed by atoms with Crippen LogP contribution in [-0.4, -0.2) is 19.2 Å². The Morgan fingerprint density at radius 1 is 1.16 bits per heavy atom. The molecule has 0 bridgehead atoms. The van der Waals surface area contributed by atoms with Gasteiger partial charge in [-0.15, -0.1) is 0 Å². The highest BCUT2D eigenvalue weighted by molar-refractivity contribution is 5.31. The molecule has 0 amide bonds. The van der Waals surface area contributed by atoms with E-state index in [9.17, 15) is 0 Å². The summed E-state index contributed by atoms with van der Waals surface area (Å²) in [6.07, 6.45) is 2.53. The topological polar surface area (TPSA) is 21.3 Å². The average Bonchev–Trinajstić information content (AvgIpc) is 2.34. The van der Waals surface area contributed by atoms with Gasteiger partial charge in [-0.3, -0.25) is 0 Å². The molecule has 1 aromatic rings. The largest absolute Gasteiger partial charge is 0.491 e. The average molecular weight is 263 g/mol. The number of hydrogen-bond acceptors (Lipinski definition) is 2. The van der Waals surface area contributed by atoms with E-state index in [1.54, 1.807) is 0 Å². The zero-order chi connectivity index (χ0) is 14.3. The Morgan fingerprint density at radius 2 is 1.79 bits per heavy atom. The lowest BCUT2D eigenvalue weighted by atomic mass is 9.87. The van der Waals surface area contributed by atoms with Crippen LogP contribution in [0, 0.1) is 0 Å². The normalized spacial score (nSPS) is 13.3. The molecule has 1 unspecified atom stereocenters. The van der Waals surface area contributed by atoms with Gasteiger partial charge >= 0.3 is 0 Å². The first-order valence-corrected chi connectivity index (χ1v) is 7.41. The molecule has 0 aliphatic carbocycles. The Balaban J connectivity index is 2.40. The second kappa shape index (κ2) is 7.54. The molecule has 0 fully saturated rings. The van der Waals surface area contributed by atoms with Gasteiger partial charge in [-0.1, -0.05) is 39.8 Å². The zero-order valence-corrected chi connectivity index (χ0v) is 13.1. The van der Waals surface area contributed by atoms with Crippen molar-refractivity contribution < 1.29 is 4.74 Å². The lowest BCUT2D eigenvalue weighted by molar-refractivity contribution is 0.207. The molecule has 1 aromatic carbocycles. The van der Waals surface area contributed by atoms with Gasteiger partial charge in [-0.2, -0.15) is 0 Å². The summed E-state index contributed by atoms with van der Waals surface area (Å²) in [6, 6.07) is 8.50. The quantitative estimate of drug-likeness (QED) is 0.746. The first-order valence-electron chi connectivity index (χ1n) is 7.41. The molecule has 0 saturated carbocycles. The van der Waals surface area contributed by atoms with Crippen LogP contribution < -0.4 is 10.1 Å². The maximum atomic E-state index is 5.93. The second-order valence-electron chi connectivity index (χ2n) is 6.20. The molecule has 19 heavy (non-hydrogen) atoms. The number of nitrogens with one attached hydrogen (secondary N) is 1. The van der Waals surface area contributed by atoms with E-state index in [0.717, 1.165) is 31.7 Å². The standard InChI is InChI=1S/C17H29NO/c1-6-18-13-7-8-14(2)19-16-11-9-15(10-12-16)17(3,4)5/h9-12,14,18H,6-8,13H2,1-5H3. The van der Waals surface area contributed by atoms with Crippen LogP contribution in [0.4, 0.5) is 0 Å². The highest BCUT2D eigenvalue weighted by atomic mass is 16.5. The number of hydrogen-bond donors (Lipinski definition) is 1. The van der Waals surface area contributed by atoms with Crippen molar-refractivity contribution in [3.63, 3.8) is 0 Å². The fourth-order valence-corrected chi connectivity index (χ4v) is 2.02. The molecule has 0 spiro atoms. The molecule has 1 N–H and O–H groups in total. The van der Waals surface area contributed by atoms with E-state index in [1.807, 2.05) is 0 Å². The molecular formula is C17H29NO. The minimum absolute atomic E-state index is 0.204. The second-order valence-corrected chi connectivity index (χ2v) is 6.20. The molecule has 2 nitrogen and oxygen atoms in total. The van der Waals surface area contributed by atoms with E-state index < -0.39 is 0 Å². The Kier molecular flexibility index (Phi) is 6.36. The minimum Gasteiger partial charge on any atom is -0.491 e. The molecule has 0 aliphatic heterocycles.